The number of nitrogens with two attached hydrogens (primary N) is 1. The number of carbonyl (C=O) groups is 2. The van der Waals surface area contributed by atoms with Gasteiger partial charge in [-0.3, -0.25) is 14.5 Å². The number of hydrogen-bond acceptors (Lipinski definition) is 3. The Morgan fingerprint density at radius 3 is 2.41 bits per heavy atom. The summed E-state index contributed by atoms with van der Waals surface area (Å²) in [4.78, 5) is 23.1. The van der Waals surface area contributed by atoms with E-state index in [1.807, 2.05) is 30.3 Å². The summed E-state index contributed by atoms with van der Waals surface area (Å²) < 4.78 is 0. The summed E-state index contributed by atoms with van der Waals surface area (Å²) in [6, 6.07) is 9.51. The number of carboxylic acid groups (broad SMARTS) is 1. The summed E-state index contributed by atoms with van der Waals surface area (Å²) in [5.41, 5.74) is 6.06. The van der Waals surface area contributed by atoms with Crippen molar-refractivity contribution < 1.29 is 14.7 Å². The Kier molecular flexibility index (Phi) is 5.16. The van der Waals surface area contributed by atoms with E-state index in [1.165, 1.54) is 0 Å². The number of amides is 1. The molecule has 3 N–H and O–H groups in total. The van der Waals surface area contributed by atoms with Crippen molar-refractivity contribution >= 4 is 11.9 Å². The molecule has 92 valence electrons. The Hall–Kier alpha value is -1.88. The van der Waals surface area contributed by atoms with Crippen molar-refractivity contribution in [3.63, 3.8) is 0 Å². The highest BCUT2D eigenvalue weighted by Gasteiger charge is 2.11. The predicted molar refractivity (Wildman–Crippen MR) is 63.2 cm³/mol. The Morgan fingerprint density at radius 2 is 1.88 bits per heavy atom. The van der Waals surface area contributed by atoms with Crippen molar-refractivity contribution in [2.75, 3.05) is 13.1 Å². The van der Waals surface area contributed by atoms with Crippen molar-refractivity contribution in [2.45, 2.75) is 13.0 Å². The largest absolute Gasteiger partial charge is 0.480 e. The lowest BCUT2D eigenvalue weighted by atomic mass is 10.2. The van der Waals surface area contributed by atoms with Crippen molar-refractivity contribution in [1.82, 2.24) is 4.90 Å². The average molecular weight is 236 g/mol. The summed E-state index contributed by atoms with van der Waals surface area (Å²) in [7, 11) is 0. The molecule has 0 aliphatic carbocycles. The predicted octanol–water partition coefficient (Wildman–Crippen LogP) is 0.449. The van der Waals surface area contributed by atoms with Gasteiger partial charge in [-0.25, -0.2) is 0 Å². The molecule has 0 saturated carbocycles. The second kappa shape index (κ2) is 6.65. The van der Waals surface area contributed by atoms with Gasteiger partial charge >= 0.3 is 5.97 Å². The van der Waals surface area contributed by atoms with Crippen molar-refractivity contribution in [3.05, 3.63) is 35.9 Å². The average Bonchev–Trinajstić information content (AvgIpc) is 2.26. The zero-order valence-electron chi connectivity index (χ0n) is 9.50. The second-order valence-electron chi connectivity index (χ2n) is 3.81. The zero-order valence-corrected chi connectivity index (χ0v) is 9.50. The van der Waals surface area contributed by atoms with Gasteiger partial charge in [0, 0.05) is 19.5 Å². The maximum atomic E-state index is 10.7. The van der Waals surface area contributed by atoms with Crippen LogP contribution in [0.3, 0.4) is 0 Å². The minimum absolute atomic E-state index is 0.0951. The number of carbonyl (C=O) groups excluding carboxylic acids is 1. The molecule has 0 saturated heterocycles. The van der Waals surface area contributed by atoms with Gasteiger partial charge in [0.25, 0.3) is 0 Å². The van der Waals surface area contributed by atoms with E-state index in [0.29, 0.717) is 13.1 Å². The van der Waals surface area contributed by atoms with Crippen LogP contribution in [0.4, 0.5) is 0 Å². The van der Waals surface area contributed by atoms with E-state index in [0.717, 1.165) is 5.56 Å². The van der Waals surface area contributed by atoms with E-state index in [2.05, 4.69) is 0 Å². The van der Waals surface area contributed by atoms with Gasteiger partial charge in [0.05, 0.1) is 6.54 Å². The van der Waals surface area contributed by atoms with Crippen LogP contribution in [0.1, 0.15) is 12.0 Å². The van der Waals surface area contributed by atoms with Gasteiger partial charge in [0.2, 0.25) is 5.91 Å². The lowest BCUT2D eigenvalue weighted by Gasteiger charge is -2.19. The van der Waals surface area contributed by atoms with Gasteiger partial charge in [0.15, 0.2) is 0 Å². The molecule has 17 heavy (non-hydrogen) atoms. The quantitative estimate of drug-likeness (QED) is 0.720. The standard InChI is InChI=1S/C12H16N2O3/c13-11(15)6-7-14(9-12(16)17)8-10-4-2-1-3-5-10/h1-5H,6-9H2,(H2,13,15)(H,16,17). The first-order valence-electron chi connectivity index (χ1n) is 5.34. The van der Waals surface area contributed by atoms with Crippen molar-refractivity contribution in [2.24, 2.45) is 5.73 Å². The maximum absolute atomic E-state index is 10.7. The first-order chi connectivity index (χ1) is 8.08. The lowest BCUT2D eigenvalue weighted by molar-refractivity contribution is -0.138. The molecule has 0 aromatic heterocycles. The van der Waals surface area contributed by atoms with Crippen molar-refractivity contribution in [3.8, 4) is 0 Å². The minimum atomic E-state index is -0.912. The third kappa shape index (κ3) is 5.67. The molecule has 1 aromatic carbocycles. The molecule has 0 aliphatic heterocycles. The zero-order chi connectivity index (χ0) is 12.7. The Labute approximate surface area is 99.8 Å². The Bertz CT molecular complexity index is 379. The van der Waals surface area contributed by atoms with Crippen LogP contribution in [0.2, 0.25) is 0 Å². The smallest absolute Gasteiger partial charge is 0.317 e. The van der Waals surface area contributed by atoms with E-state index >= 15 is 0 Å². The molecule has 0 aliphatic rings. The van der Waals surface area contributed by atoms with Gasteiger partial charge < -0.3 is 10.8 Å². The number of nitrogens with zero attached hydrogens (tertiary/aromatic N) is 1. The topological polar surface area (TPSA) is 83.6 Å². The van der Waals surface area contributed by atoms with E-state index < -0.39 is 11.9 Å². The molecule has 5 nitrogen and oxygen atoms in total. The fourth-order valence-corrected chi connectivity index (χ4v) is 1.52. The molecule has 1 amide bonds. The molecular weight excluding hydrogens is 220 g/mol. The molecule has 0 spiro atoms. The molecular formula is C12H16N2O3. The van der Waals surface area contributed by atoms with Crippen LogP contribution in [0.25, 0.3) is 0 Å². The monoisotopic (exact) mass is 236 g/mol. The Balaban J connectivity index is 2.56. The van der Waals surface area contributed by atoms with Gasteiger partial charge in [-0.05, 0) is 5.56 Å². The molecule has 0 bridgehead atoms. The van der Waals surface area contributed by atoms with E-state index in [9.17, 15) is 9.59 Å². The van der Waals surface area contributed by atoms with Crippen LogP contribution in [0.15, 0.2) is 30.3 Å². The molecule has 0 atom stereocenters. The van der Waals surface area contributed by atoms with Gasteiger partial charge in [-0.15, -0.1) is 0 Å². The van der Waals surface area contributed by atoms with Crippen LogP contribution in [0, 0.1) is 0 Å². The molecule has 0 heterocycles. The fraction of sp³-hybridized carbons (Fsp3) is 0.333. The third-order valence-electron chi connectivity index (χ3n) is 2.28. The number of carboxylic acids is 1. The summed E-state index contributed by atoms with van der Waals surface area (Å²) in [5, 5.41) is 8.77. The van der Waals surface area contributed by atoms with Crippen molar-refractivity contribution in [1.29, 1.82) is 0 Å². The van der Waals surface area contributed by atoms with Gasteiger partial charge in [0.1, 0.15) is 0 Å². The van der Waals surface area contributed by atoms with Crippen LogP contribution < -0.4 is 5.73 Å². The summed E-state index contributed by atoms with van der Waals surface area (Å²) in [6.45, 7) is 0.763. The van der Waals surface area contributed by atoms with Crippen LogP contribution in [-0.2, 0) is 16.1 Å². The number of hydrogen-bond donors (Lipinski definition) is 2. The van der Waals surface area contributed by atoms with E-state index in [-0.39, 0.29) is 13.0 Å². The number of primary amides is 1. The van der Waals surface area contributed by atoms with Gasteiger partial charge in [-0.2, -0.15) is 0 Å². The number of aliphatic carboxylic acids is 1. The van der Waals surface area contributed by atoms with Gasteiger partial charge in [-0.1, -0.05) is 30.3 Å². The first kappa shape index (κ1) is 13.2. The fourth-order valence-electron chi connectivity index (χ4n) is 1.52. The highest BCUT2D eigenvalue weighted by Crippen LogP contribution is 2.04. The summed E-state index contributed by atoms with van der Waals surface area (Å²) in [5.74, 6) is -1.33. The van der Waals surface area contributed by atoms with Crippen LogP contribution >= 0.6 is 0 Å². The number of rotatable bonds is 7. The summed E-state index contributed by atoms with van der Waals surface area (Å²) in [6.07, 6.45) is 0.167. The molecule has 0 unspecified atom stereocenters. The van der Waals surface area contributed by atoms with Crippen LogP contribution in [0.5, 0.6) is 0 Å². The third-order valence-corrected chi connectivity index (χ3v) is 2.28. The highest BCUT2D eigenvalue weighted by atomic mass is 16.4. The highest BCUT2D eigenvalue weighted by molar-refractivity contribution is 5.74. The molecule has 1 rings (SSSR count). The molecule has 0 radical (unpaired) electrons. The molecule has 5 heteroatoms. The summed E-state index contributed by atoms with van der Waals surface area (Å²) >= 11 is 0. The second-order valence-corrected chi connectivity index (χ2v) is 3.81. The van der Waals surface area contributed by atoms with Crippen LogP contribution in [-0.4, -0.2) is 35.0 Å². The lowest BCUT2D eigenvalue weighted by Crippen LogP contribution is -2.32. The van der Waals surface area contributed by atoms with E-state index in [1.54, 1.807) is 4.90 Å². The Morgan fingerprint density at radius 1 is 1.24 bits per heavy atom. The van der Waals surface area contributed by atoms with E-state index in [4.69, 9.17) is 10.8 Å². The molecule has 0 fully saturated rings. The molecule has 1 aromatic rings. The number of benzene rings is 1. The minimum Gasteiger partial charge on any atom is -0.480 e. The first-order valence-corrected chi connectivity index (χ1v) is 5.34. The SMILES string of the molecule is NC(=O)CCN(CC(=O)O)Cc1ccccc1. The maximum Gasteiger partial charge on any atom is 0.317 e. The normalized spacial score (nSPS) is 10.4.